The van der Waals surface area contributed by atoms with Crippen LogP contribution in [0.15, 0.2) is 0 Å². The summed E-state index contributed by atoms with van der Waals surface area (Å²) in [6, 6.07) is 0. The molecule has 0 spiro atoms. The summed E-state index contributed by atoms with van der Waals surface area (Å²) < 4.78 is 0. The standard InChI is InChI=1S/C17H26/c1-17(2)13-6-7-14(17)16-12-8-11(15(13)16)9-4-3-5-10(9)12/h9-16H,3-8H2,1-2H3. The van der Waals surface area contributed by atoms with E-state index in [9.17, 15) is 0 Å². The number of hydrogen-bond acceptors (Lipinski definition) is 0. The van der Waals surface area contributed by atoms with E-state index in [0.29, 0.717) is 5.41 Å². The summed E-state index contributed by atoms with van der Waals surface area (Å²) >= 11 is 0. The highest BCUT2D eigenvalue weighted by Gasteiger charge is 2.70. The Morgan fingerprint density at radius 2 is 1.24 bits per heavy atom. The molecule has 0 amide bonds. The van der Waals surface area contributed by atoms with Gasteiger partial charge in [0.1, 0.15) is 0 Å². The first-order valence-electron chi connectivity index (χ1n) is 8.19. The first kappa shape index (κ1) is 9.87. The van der Waals surface area contributed by atoms with Gasteiger partial charge in [0.05, 0.1) is 0 Å². The Balaban J connectivity index is 1.60. The van der Waals surface area contributed by atoms with Gasteiger partial charge >= 0.3 is 0 Å². The molecule has 0 N–H and O–H groups in total. The Bertz CT molecular complexity index is 336. The molecule has 94 valence electrons. The minimum Gasteiger partial charge on any atom is -0.0594 e. The molecule has 0 saturated heterocycles. The lowest BCUT2D eigenvalue weighted by Gasteiger charge is -2.40. The third kappa shape index (κ3) is 0.901. The highest BCUT2D eigenvalue weighted by atomic mass is 14.7. The summed E-state index contributed by atoms with van der Waals surface area (Å²) in [7, 11) is 0. The second kappa shape index (κ2) is 2.78. The second-order valence-electron chi connectivity index (χ2n) is 8.59. The van der Waals surface area contributed by atoms with E-state index < -0.39 is 0 Å². The van der Waals surface area contributed by atoms with Crippen LogP contribution >= 0.6 is 0 Å². The molecule has 8 unspecified atom stereocenters. The summed E-state index contributed by atoms with van der Waals surface area (Å²) in [5.41, 5.74) is 0.713. The zero-order valence-corrected chi connectivity index (χ0v) is 11.4. The van der Waals surface area contributed by atoms with E-state index in [-0.39, 0.29) is 0 Å². The molecule has 0 aromatic carbocycles. The summed E-state index contributed by atoms with van der Waals surface area (Å²) in [5.74, 6) is 9.37. The molecule has 17 heavy (non-hydrogen) atoms. The van der Waals surface area contributed by atoms with Crippen molar-refractivity contribution < 1.29 is 0 Å². The maximum absolute atomic E-state index is 2.61. The maximum Gasteiger partial charge on any atom is -0.0292 e. The summed E-state index contributed by atoms with van der Waals surface area (Å²) in [4.78, 5) is 0. The van der Waals surface area contributed by atoms with Crippen LogP contribution < -0.4 is 0 Å². The van der Waals surface area contributed by atoms with E-state index >= 15 is 0 Å². The summed E-state index contributed by atoms with van der Waals surface area (Å²) in [6.07, 6.45) is 9.60. The normalized spacial score (nSPS) is 65.3. The Morgan fingerprint density at radius 1 is 0.706 bits per heavy atom. The molecule has 0 aliphatic heterocycles. The van der Waals surface area contributed by atoms with Gasteiger partial charge in [-0.25, -0.2) is 0 Å². The molecule has 5 rings (SSSR count). The van der Waals surface area contributed by atoms with Crippen molar-refractivity contribution in [2.75, 3.05) is 0 Å². The van der Waals surface area contributed by atoms with Gasteiger partial charge in [-0.2, -0.15) is 0 Å². The molecule has 0 heterocycles. The van der Waals surface area contributed by atoms with E-state index in [0.717, 1.165) is 11.8 Å². The number of fused-ring (bicyclic) bond motifs is 12. The number of hydrogen-bond donors (Lipinski definition) is 0. The lowest BCUT2D eigenvalue weighted by atomic mass is 9.64. The third-order valence-corrected chi connectivity index (χ3v) is 8.33. The molecule has 8 atom stereocenters. The van der Waals surface area contributed by atoms with Crippen LogP contribution in [0.2, 0.25) is 0 Å². The van der Waals surface area contributed by atoms with Crippen LogP contribution in [0.25, 0.3) is 0 Å². The van der Waals surface area contributed by atoms with E-state index in [1.165, 1.54) is 35.5 Å². The zero-order chi connectivity index (χ0) is 11.4. The fourth-order valence-corrected chi connectivity index (χ4v) is 8.09. The second-order valence-corrected chi connectivity index (χ2v) is 8.59. The molecular weight excluding hydrogens is 204 g/mol. The smallest absolute Gasteiger partial charge is 0.0292 e. The number of rotatable bonds is 0. The van der Waals surface area contributed by atoms with Gasteiger partial charge in [0.25, 0.3) is 0 Å². The Labute approximate surface area is 106 Å². The molecule has 4 bridgehead atoms. The lowest BCUT2D eigenvalue weighted by Crippen LogP contribution is -2.35. The Kier molecular flexibility index (Phi) is 1.61. The fourth-order valence-electron chi connectivity index (χ4n) is 8.09. The van der Waals surface area contributed by atoms with Crippen molar-refractivity contribution in [2.45, 2.75) is 52.4 Å². The first-order chi connectivity index (χ1) is 8.19. The highest BCUT2D eigenvalue weighted by molar-refractivity contribution is 5.18. The van der Waals surface area contributed by atoms with Gasteiger partial charge in [0.2, 0.25) is 0 Å². The van der Waals surface area contributed by atoms with Crippen molar-refractivity contribution in [3.8, 4) is 0 Å². The van der Waals surface area contributed by atoms with Crippen LogP contribution in [0.5, 0.6) is 0 Å². The minimum absolute atomic E-state index is 0.713. The van der Waals surface area contributed by atoms with Gasteiger partial charge < -0.3 is 0 Å². The first-order valence-corrected chi connectivity index (χ1v) is 8.19. The van der Waals surface area contributed by atoms with Crippen molar-refractivity contribution in [2.24, 2.45) is 52.8 Å². The molecule has 5 fully saturated rings. The molecule has 0 aromatic heterocycles. The Hall–Kier alpha value is 0. The molecule has 5 aliphatic rings. The van der Waals surface area contributed by atoms with Gasteiger partial charge in [-0.15, -0.1) is 0 Å². The van der Waals surface area contributed by atoms with E-state index in [1.807, 2.05) is 0 Å². The van der Waals surface area contributed by atoms with Gasteiger partial charge in [-0.1, -0.05) is 20.3 Å². The van der Waals surface area contributed by atoms with Gasteiger partial charge in [-0.05, 0) is 84.9 Å². The van der Waals surface area contributed by atoms with Crippen molar-refractivity contribution in [1.29, 1.82) is 0 Å². The van der Waals surface area contributed by atoms with Gasteiger partial charge in [0, 0.05) is 0 Å². The molecule has 5 saturated carbocycles. The average molecular weight is 230 g/mol. The quantitative estimate of drug-likeness (QED) is 0.543. The monoisotopic (exact) mass is 230 g/mol. The molecule has 5 aliphatic carbocycles. The predicted molar refractivity (Wildman–Crippen MR) is 69.4 cm³/mol. The van der Waals surface area contributed by atoms with Crippen LogP contribution in [-0.2, 0) is 0 Å². The van der Waals surface area contributed by atoms with Crippen LogP contribution in [0, 0.1) is 52.8 Å². The molecular formula is C17H26. The average Bonchev–Trinajstić information content (AvgIpc) is 3.01. The van der Waals surface area contributed by atoms with Crippen molar-refractivity contribution in [1.82, 2.24) is 0 Å². The Morgan fingerprint density at radius 3 is 1.76 bits per heavy atom. The zero-order valence-electron chi connectivity index (χ0n) is 11.4. The van der Waals surface area contributed by atoms with Crippen LogP contribution in [-0.4, -0.2) is 0 Å². The minimum atomic E-state index is 0.713. The largest absolute Gasteiger partial charge is 0.0594 e. The topological polar surface area (TPSA) is 0 Å². The molecule has 0 radical (unpaired) electrons. The van der Waals surface area contributed by atoms with E-state index in [2.05, 4.69) is 13.8 Å². The van der Waals surface area contributed by atoms with Crippen molar-refractivity contribution >= 4 is 0 Å². The predicted octanol–water partition coefficient (Wildman–Crippen LogP) is 4.35. The van der Waals surface area contributed by atoms with Crippen LogP contribution in [0.4, 0.5) is 0 Å². The lowest BCUT2D eigenvalue weighted by molar-refractivity contribution is 0.0716. The molecule has 0 aromatic rings. The highest BCUT2D eigenvalue weighted by Crippen LogP contribution is 2.76. The van der Waals surface area contributed by atoms with Crippen LogP contribution in [0.1, 0.15) is 52.4 Å². The summed E-state index contributed by atoms with van der Waals surface area (Å²) in [6.45, 7) is 5.23. The van der Waals surface area contributed by atoms with E-state index in [1.54, 1.807) is 38.5 Å². The van der Waals surface area contributed by atoms with E-state index in [4.69, 9.17) is 0 Å². The maximum atomic E-state index is 2.61. The SMILES string of the molecule is CC1(C)C2CCC1C1C3CC(C4CCCC43)C12. The third-order valence-electron chi connectivity index (χ3n) is 8.33. The molecule has 0 nitrogen and oxygen atoms in total. The fraction of sp³-hybridized carbons (Fsp3) is 1.00. The van der Waals surface area contributed by atoms with Crippen molar-refractivity contribution in [3.05, 3.63) is 0 Å². The summed E-state index contributed by atoms with van der Waals surface area (Å²) in [5, 5.41) is 0. The van der Waals surface area contributed by atoms with Gasteiger partial charge in [-0.3, -0.25) is 0 Å². The molecule has 0 heteroatoms. The van der Waals surface area contributed by atoms with Gasteiger partial charge in [0.15, 0.2) is 0 Å². The van der Waals surface area contributed by atoms with Crippen LogP contribution in [0.3, 0.4) is 0 Å². The van der Waals surface area contributed by atoms with Crippen molar-refractivity contribution in [3.63, 3.8) is 0 Å².